The van der Waals surface area contributed by atoms with Crippen LogP contribution in [-0.4, -0.2) is 0 Å². The molecule has 0 bridgehead atoms. The highest BCUT2D eigenvalue weighted by molar-refractivity contribution is 6.30. The van der Waals surface area contributed by atoms with Crippen molar-refractivity contribution < 1.29 is 0 Å². The summed E-state index contributed by atoms with van der Waals surface area (Å²) in [6.45, 7) is 7.31. The normalized spacial score (nSPS) is 12.4. The molecule has 0 spiro atoms. The quantitative estimate of drug-likeness (QED) is 0.843. The predicted octanol–water partition coefficient (Wildman–Crippen LogP) is 4.81. The Morgan fingerprint density at radius 1 is 1.05 bits per heavy atom. The Labute approximate surface area is 120 Å². The van der Waals surface area contributed by atoms with Crippen molar-refractivity contribution in [2.75, 3.05) is 0 Å². The maximum absolute atomic E-state index is 5.98. The molecule has 0 aromatic heterocycles. The summed E-state index contributed by atoms with van der Waals surface area (Å²) in [5.41, 5.74) is 5.21. The van der Waals surface area contributed by atoms with E-state index in [2.05, 4.69) is 56.4 Å². The Kier molecular flexibility index (Phi) is 4.62. The zero-order valence-corrected chi connectivity index (χ0v) is 12.5. The van der Waals surface area contributed by atoms with Crippen molar-refractivity contribution in [3.05, 3.63) is 69.7 Å². The minimum Gasteiger partial charge on any atom is -0.306 e. The van der Waals surface area contributed by atoms with Gasteiger partial charge in [-0.2, -0.15) is 0 Å². The van der Waals surface area contributed by atoms with Crippen LogP contribution in [-0.2, 0) is 6.54 Å². The lowest BCUT2D eigenvalue weighted by Gasteiger charge is -2.17. The number of benzene rings is 2. The molecular formula is C17H20ClN. The third kappa shape index (κ3) is 3.59. The monoisotopic (exact) mass is 273 g/mol. The van der Waals surface area contributed by atoms with E-state index in [1.54, 1.807) is 0 Å². The van der Waals surface area contributed by atoms with Gasteiger partial charge in [0.2, 0.25) is 0 Å². The smallest absolute Gasteiger partial charge is 0.0408 e. The number of halogens is 1. The molecule has 0 aliphatic heterocycles. The Balaban J connectivity index is 2.04. The molecule has 1 N–H and O–H groups in total. The molecule has 0 aliphatic rings. The van der Waals surface area contributed by atoms with Crippen molar-refractivity contribution in [2.45, 2.75) is 33.4 Å². The van der Waals surface area contributed by atoms with Gasteiger partial charge in [0.05, 0.1) is 0 Å². The second-order valence-electron chi connectivity index (χ2n) is 5.03. The van der Waals surface area contributed by atoms with Gasteiger partial charge in [-0.1, -0.05) is 41.9 Å². The van der Waals surface area contributed by atoms with E-state index >= 15 is 0 Å². The maximum atomic E-state index is 5.98. The van der Waals surface area contributed by atoms with Crippen LogP contribution < -0.4 is 5.32 Å². The first-order valence-corrected chi connectivity index (χ1v) is 6.99. The molecule has 19 heavy (non-hydrogen) atoms. The van der Waals surface area contributed by atoms with Crippen LogP contribution in [0, 0.1) is 13.8 Å². The van der Waals surface area contributed by atoms with Gasteiger partial charge in [-0.25, -0.2) is 0 Å². The summed E-state index contributed by atoms with van der Waals surface area (Å²) in [7, 11) is 0. The van der Waals surface area contributed by atoms with E-state index < -0.39 is 0 Å². The molecule has 0 fully saturated rings. The molecule has 1 atom stereocenters. The number of hydrogen-bond acceptors (Lipinski definition) is 1. The first-order chi connectivity index (χ1) is 9.08. The Bertz CT molecular complexity index is 563. The Hall–Kier alpha value is -1.31. The Morgan fingerprint density at radius 2 is 1.79 bits per heavy atom. The molecule has 0 aliphatic carbocycles. The predicted molar refractivity (Wildman–Crippen MR) is 82.6 cm³/mol. The van der Waals surface area contributed by atoms with Gasteiger partial charge in [-0.15, -0.1) is 0 Å². The lowest BCUT2D eigenvalue weighted by Crippen LogP contribution is -2.19. The highest BCUT2D eigenvalue weighted by Crippen LogP contribution is 2.19. The molecule has 0 saturated carbocycles. The van der Waals surface area contributed by atoms with Crippen LogP contribution in [0.15, 0.2) is 42.5 Å². The highest BCUT2D eigenvalue weighted by Gasteiger charge is 2.08. The largest absolute Gasteiger partial charge is 0.306 e. The minimum absolute atomic E-state index is 0.344. The molecule has 100 valence electrons. The number of aryl methyl sites for hydroxylation is 2. The number of hydrogen-bond donors (Lipinski definition) is 1. The second kappa shape index (κ2) is 6.23. The van der Waals surface area contributed by atoms with Gasteiger partial charge in [0.1, 0.15) is 0 Å². The van der Waals surface area contributed by atoms with Gasteiger partial charge in [0.25, 0.3) is 0 Å². The van der Waals surface area contributed by atoms with Crippen molar-refractivity contribution in [3.8, 4) is 0 Å². The second-order valence-corrected chi connectivity index (χ2v) is 5.47. The zero-order valence-electron chi connectivity index (χ0n) is 11.7. The third-order valence-electron chi connectivity index (χ3n) is 3.56. The van der Waals surface area contributed by atoms with E-state index in [4.69, 9.17) is 11.6 Å². The van der Waals surface area contributed by atoms with Crippen molar-refractivity contribution in [2.24, 2.45) is 0 Å². The summed E-state index contributed by atoms with van der Waals surface area (Å²) in [5, 5.41) is 4.37. The molecule has 0 heterocycles. The van der Waals surface area contributed by atoms with E-state index in [1.807, 2.05) is 12.1 Å². The van der Waals surface area contributed by atoms with Crippen molar-refractivity contribution in [3.63, 3.8) is 0 Å². The van der Waals surface area contributed by atoms with Gasteiger partial charge in [-0.3, -0.25) is 0 Å². The lowest BCUT2D eigenvalue weighted by atomic mass is 10.0. The fourth-order valence-corrected chi connectivity index (χ4v) is 2.53. The van der Waals surface area contributed by atoms with Crippen molar-refractivity contribution >= 4 is 11.6 Å². The molecule has 2 heteroatoms. The van der Waals surface area contributed by atoms with Crippen LogP contribution >= 0.6 is 11.6 Å². The van der Waals surface area contributed by atoms with E-state index in [0.717, 1.165) is 11.6 Å². The van der Waals surface area contributed by atoms with Crippen LogP contribution in [0.5, 0.6) is 0 Å². The standard InChI is InChI=1S/C17H20ClN/c1-12-6-4-5-7-17(12)14(3)19-11-15-8-9-16(18)10-13(15)2/h4-10,14,19H,11H2,1-3H3. The van der Waals surface area contributed by atoms with Crippen LogP contribution in [0.4, 0.5) is 0 Å². The number of rotatable bonds is 4. The molecule has 2 aromatic carbocycles. The summed E-state index contributed by atoms with van der Waals surface area (Å²) in [6.07, 6.45) is 0. The lowest BCUT2D eigenvalue weighted by molar-refractivity contribution is 0.571. The molecule has 1 unspecified atom stereocenters. The SMILES string of the molecule is Cc1cc(Cl)ccc1CNC(C)c1ccccc1C. The van der Waals surface area contributed by atoms with Crippen LogP contribution in [0.3, 0.4) is 0 Å². The molecule has 1 nitrogen and oxygen atoms in total. The van der Waals surface area contributed by atoms with E-state index in [-0.39, 0.29) is 0 Å². The molecule has 0 saturated heterocycles. The summed E-state index contributed by atoms with van der Waals surface area (Å²) >= 11 is 5.98. The number of nitrogens with one attached hydrogen (secondary N) is 1. The fraction of sp³-hybridized carbons (Fsp3) is 0.294. The van der Waals surface area contributed by atoms with Gasteiger partial charge in [0.15, 0.2) is 0 Å². The highest BCUT2D eigenvalue weighted by atomic mass is 35.5. The van der Waals surface area contributed by atoms with E-state index in [9.17, 15) is 0 Å². The van der Waals surface area contributed by atoms with Crippen molar-refractivity contribution in [1.82, 2.24) is 5.32 Å². The molecule has 2 aromatic rings. The molecule has 0 radical (unpaired) electrons. The van der Waals surface area contributed by atoms with Crippen LogP contribution in [0.25, 0.3) is 0 Å². The fourth-order valence-electron chi connectivity index (χ4n) is 2.30. The molecular weight excluding hydrogens is 254 g/mol. The zero-order chi connectivity index (χ0) is 13.8. The van der Waals surface area contributed by atoms with Gasteiger partial charge in [0, 0.05) is 17.6 Å². The van der Waals surface area contributed by atoms with E-state index in [1.165, 1.54) is 22.3 Å². The summed E-state index contributed by atoms with van der Waals surface area (Å²) in [4.78, 5) is 0. The molecule has 0 amide bonds. The first kappa shape index (κ1) is 14.1. The third-order valence-corrected chi connectivity index (χ3v) is 3.79. The summed E-state index contributed by atoms with van der Waals surface area (Å²) in [6, 6.07) is 14.9. The van der Waals surface area contributed by atoms with Gasteiger partial charge in [-0.05, 0) is 55.2 Å². The van der Waals surface area contributed by atoms with Crippen molar-refractivity contribution in [1.29, 1.82) is 0 Å². The topological polar surface area (TPSA) is 12.0 Å². The van der Waals surface area contributed by atoms with Crippen LogP contribution in [0.1, 0.15) is 35.2 Å². The average Bonchev–Trinajstić information content (AvgIpc) is 2.38. The summed E-state index contributed by atoms with van der Waals surface area (Å²) in [5.74, 6) is 0. The van der Waals surface area contributed by atoms with Gasteiger partial charge >= 0.3 is 0 Å². The minimum atomic E-state index is 0.344. The van der Waals surface area contributed by atoms with E-state index in [0.29, 0.717) is 6.04 Å². The van der Waals surface area contributed by atoms with Crippen LogP contribution in [0.2, 0.25) is 5.02 Å². The van der Waals surface area contributed by atoms with Gasteiger partial charge < -0.3 is 5.32 Å². The summed E-state index contributed by atoms with van der Waals surface area (Å²) < 4.78 is 0. The molecule has 2 rings (SSSR count). The first-order valence-electron chi connectivity index (χ1n) is 6.62. The Morgan fingerprint density at radius 3 is 2.47 bits per heavy atom. The maximum Gasteiger partial charge on any atom is 0.0408 e. The average molecular weight is 274 g/mol.